The summed E-state index contributed by atoms with van der Waals surface area (Å²) in [5.74, 6) is 2.41. The normalized spacial score (nSPS) is 24.8. The third-order valence-corrected chi connectivity index (χ3v) is 5.36. The van der Waals surface area contributed by atoms with Gasteiger partial charge in [0.25, 0.3) is 0 Å². The summed E-state index contributed by atoms with van der Waals surface area (Å²) in [6.07, 6.45) is 2.76. The highest BCUT2D eigenvalue weighted by molar-refractivity contribution is 9.10. The number of rotatable bonds is 5. The Kier molecular flexibility index (Phi) is 4.45. The minimum Gasteiger partial charge on any atom is -0.316 e. The topological polar surface area (TPSA) is 12.0 Å². The van der Waals surface area contributed by atoms with E-state index in [9.17, 15) is 0 Å². The molecule has 2 rings (SSSR count). The summed E-state index contributed by atoms with van der Waals surface area (Å²) in [6.45, 7) is 6.87. The van der Waals surface area contributed by atoms with Gasteiger partial charge in [0.2, 0.25) is 0 Å². The largest absolute Gasteiger partial charge is 0.316 e. The van der Waals surface area contributed by atoms with Crippen LogP contribution in [0.2, 0.25) is 0 Å². The van der Waals surface area contributed by atoms with Crippen molar-refractivity contribution in [1.29, 1.82) is 0 Å². The van der Waals surface area contributed by atoms with E-state index < -0.39 is 0 Å². The second-order valence-corrected chi connectivity index (χ2v) is 6.93. The van der Waals surface area contributed by atoms with Crippen LogP contribution in [0.4, 0.5) is 0 Å². The lowest BCUT2D eigenvalue weighted by molar-refractivity contribution is 0.246. The fourth-order valence-corrected chi connectivity index (χ4v) is 4.18. The molecular formula is C13H20BrNS. The molecule has 1 aromatic heterocycles. The minimum atomic E-state index is 0.756. The predicted molar refractivity (Wildman–Crippen MR) is 75.2 cm³/mol. The molecule has 1 heterocycles. The average Bonchev–Trinajstić information content (AvgIpc) is 2.58. The molecule has 0 radical (unpaired) electrons. The second kappa shape index (κ2) is 5.65. The van der Waals surface area contributed by atoms with Crippen molar-refractivity contribution in [3.05, 3.63) is 20.8 Å². The first-order chi connectivity index (χ1) is 7.68. The number of halogens is 1. The molecule has 1 aliphatic rings. The molecule has 2 atom stereocenters. The van der Waals surface area contributed by atoms with Crippen molar-refractivity contribution in [2.75, 3.05) is 13.1 Å². The van der Waals surface area contributed by atoms with Gasteiger partial charge in [0.1, 0.15) is 0 Å². The Morgan fingerprint density at radius 2 is 2.31 bits per heavy atom. The number of nitrogens with one attached hydrogen (secondary N) is 1. The highest BCUT2D eigenvalue weighted by Gasteiger charge is 2.33. The molecule has 1 N–H and O–H groups in total. The van der Waals surface area contributed by atoms with Gasteiger partial charge in [-0.05, 0) is 71.1 Å². The van der Waals surface area contributed by atoms with Crippen LogP contribution in [-0.2, 0) is 0 Å². The third-order valence-electron chi connectivity index (χ3n) is 3.36. The zero-order valence-corrected chi connectivity index (χ0v) is 12.4. The smallest absolute Gasteiger partial charge is 0.0317 e. The summed E-state index contributed by atoms with van der Waals surface area (Å²) in [7, 11) is 0. The van der Waals surface area contributed by atoms with Crippen LogP contribution in [0.15, 0.2) is 15.9 Å². The molecular weight excluding hydrogens is 282 g/mol. The zero-order chi connectivity index (χ0) is 11.5. The van der Waals surface area contributed by atoms with Gasteiger partial charge in [0.15, 0.2) is 0 Å². The fraction of sp³-hybridized carbons (Fsp3) is 0.692. The van der Waals surface area contributed by atoms with Gasteiger partial charge in [-0.1, -0.05) is 13.8 Å². The maximum absolute atomic E-state index is 3.65. The first kappa shape index (κ1) is 12.6. The Hall–Kier alpha value is 0.140. The van der Waals surface area contributed by atoms with Gasteiger partial charge in [-0.2, -0.15) is 0 Å². The van der Waals surface area contributed by atoms with Crippen molar-refractivity contribution in [3.8, 4) is 0 Å². The molecule has 1 aromatic rings. The predicted octanol–water partition coefficient (Wildman–Crippen LogP) is 4.25. The highest BCUT2D eigenvalue weighted by atomic mass is 79.9. The van der Waals surface area contributed by atoms with Crippen LogP contribution >= 0.6 is 27.3 Å². The summed E-state index contributed by atoms with van der Waals surface area (Å²) in [5.41, 5.74) is 0. The molecule has 1 saturated carbocycles. The van der Waals surface area contributed by atoms with Crippen LogP contribution in [-0.4, -0.2) is 13.1 Å². The van der Waals surface area contributed by atoms with Crippen molar-refractivity contribution in [2.24, 2.45) is 11.8 Å². The molecule has 0 aromatic carbocycles. The van der Waals surface area contributed by atoms with Gasteiger partial charge >= 0.3 is 0 Å². The monoisotopic (exact) mass is 301 g/mol. The summed E-state index contributed by atoms with van der Waals surface area (Å²) < 4.78 is 1.32. The van der Waals surface area contributed by atoms with Crippen LogP contribution in [0, 0.1) is 11.8 Å². The first-order valence-corrected chi connectivity index (χ1v) is 7.79. The van der Waals surface area contributed by atoms with Crippen LogP contribution in [0.1, 0.15) is 37.5 Å². The van der Waals surface area contributed by atoms with E-state index in [4.69, 9.17) is 0 Å². The maximum Gasteiger partial charge on any atom is 0.0317 e. The molecule has 1 aliphatic carbocycles. The van der Waals surface area contributed by atoms with Gasteiger partial charge in [0.05, 0.1) is 0 Å². The Morgan fingerprint density at radius 1 is 1.50 bits per heavy atom. The zero-order valence-electron chi connectivity index (χ0n) is 10.0. The van der Waals surface area contributed by atoms with Crippen LogP contribution in [0.5, 0.6) is 0 Å². The SMILES string of the molecule is CC(C)CNCC1CCC1c1sccc1Br. The Labute approximate surface area is 111 Å². The molecule has 0 bridgehead atoms. The standard InChI is InChI=1S/C13H20BrNS/c1-9(2)7-15-8-10-3-4-11(10)13-12(14)5-6-16-13/h5-6,9-11,15H,3-4,7-8H2,1-2H3. The molecule has 1 nitrogen and oxygen atoms in total. The fourth-order valence-electron chi connectivity index (χ4n) is 2.29. The van der Waals surface area contributed by atoms with Crippen molar-refractivity contribution in [2.45, 2.75) is 32.6 Å². The molecule has 16 heavy (non-hydrogen) atoms. The van der Waals surface area contributed by atoms with Gasteiger partial charge < -0.3 is 5.32 Å². The van der Waals surface area contributed by atoms with E-state index in [-0.39, 0.29) is 0 Å². The van der Waals surface area contributed by atoms with Gasteiger partial charge in [0, 0.05) is 9.35 Å². The third kappa shape index (κ3) is 2.88. The van der Waals surface area contributed by atoms with Crippen molar-refractivity contribution in [1.82, 2.24) is 5.32 Å². The van der Waals surface area contributed by atoms with Crippen LogP contribution in [0.3, 0.4) is 0 Å². The Balaban J connectivity index is 1.82. The molecule has 0 amide bonds. The van der Waals surface area contributed by atoms with Gasteiger partial charge in [-0.15, -0.1) is 11.3 Å². The van der Waals surface area contributed by atoms with Crippen LogP contribution < -0.4 is 5.32 Å². The Bertz CT molecular complexity index is 334. The van der Waals surface area contributed by atoms with Crippen molar-refractivity contribution < 1.29 is 0 Å². The van der Waals surface area contributed by atoms with Gasteiger partial charge in [-0.3, -0.25) is 0 Å². The molecule has 0 aliphatic heterocycles. The van der Waals surface area contributed by atoms with Crippen molar-refractivity contribution in [3.63, 3.8) is 0 Å². The lowest BCUT2D eigenvalue weighted by Gasteiger charge is -2.36. The van der Waals surface area contributed by atoms with E-state index in [0.717, 1.165) is 24.3 Å². The molecule has 3 heteroatoms. The summed E-state index contributed by atoms with van der Waals surface area (Å²) in [4.78, 5) is 1.56. The second-order valence-electron chi connectivity index (χ2n) is 5.13. The van der Waals surface area contributed by atoms with E-state index in [1.165, 1.54) is 23.9 Å². The average molecular weight is 302 g/mol. The lowest BCUT2D eigenvalue weighted by atomic mass is 9.73. The Morgan fingerprint density at radius 3 is 2.81 bits per heavy atom. The number of hydrogen-bond acceptors (Lipinski definition) is 2. The van der Waals surface area contributed by atoms with E-state index in [1.807, 2.05) is 11.3 Å². The highest BCUT2D eigenvalue weighted by Crippen LogP contribution is 2.46. The van der Waals surface area contributed by atoms with Crippen molar-refractivity contribution >= 4 is 27.3 Å². The molecule has 90 valence electrons. The number of hydrogen-bond donors (Lipinski definition) is 1. The lowest BCUT2D eigenvalue weighted by Crippen LogP contribution is -2.35. The van der Waals surface area contributed by atoms with Crippen LogP contribution in [0.25, 0.3) is 0 Å². The molecule has 1 fully saturated rings. The quantitative estimate of drug-likeness (QED) is 0.857. The van der Waals surface area contributed by atoms with E-state index in [1.54, 1.807) is 4.88 Å². The van der Waals surface area contributed by atoms with E-state index in [2.05, 4.69) is 46.5 Å². The van der Waals surface area contributed by atoms with Gasteiger partial charge in [-0.25, -0.2) is 0 Å². The summed E-state index contributed by atoms with van der Waals surface area (Å²) >= 11 is 5.55. The molecule has 2 unspecified atom stereocenters. The maximum atomic E-state index is 3.65. The number of thiophene rings is 1. The van der Waals surface area contributed by atoms with E-state index in [0.29, 0.717) is 0 Å². The first-order valence-electron chi connectivity index (χ1n) is 6.12. The molecule has 0 spiro atoms. The van der Waals surface area contributed by atoms with E-state index >= 15 is 0 Å². The summed E-state index contributed by atoms with van der Waals surface area (Å²) in [5, 5.41) is 5.78. The molecule has 0 saturated heterocycles. The summed E-state index contributed by atoms with van der Waals surface area (Å²) in [6, 6.07) is 2.18. The minimum absolute atomic E-state index is 0.756.